The van der Waals surface area contributed by atoms with E-state index >= 15 is 0 Å². The van der Waals surface area contributed by atoms with Crippen molar-refractivity contribution in [1.29, 1.82) is 0 Å². The minimum absolute atomic E-state index is 0.0714. The van der Waals surface area contributed by atoms with Gasteiger partial charge in [-0.3, -0.25) is 0 Å². The summed E-state index contributed by atoms with van der Waals surface area (Å²) in [4.78, 5) is 4.13. The van der Waals surface area contributed by atoms with Crippen molar-refractivity contribution in [1.82, 2.24) is 4.98 Å². The summed E-state index contributed by atoms with van der Waals surface area (Å²) >= 11 is 0. The predicted octanol–water partition coefficient (Wildman–Crippen LogP) is 3.84. The molecule has 0 spiro atoms. The third kappa shape index (κ3) is 4.09. The van der Waals surface area contributed by atoms with Gasteiger partial charge >= 0.3 is 0 Å². The van der Waals surface area contributed by atoms with Crippen LogP contribution in [0.5, 0.6) is 11.5 Å². The van der Waals surface area contributed by atoms with E-state index in [1.165, 1.54) is 12.3 Å². The Labute approximate surface area is 155 Å². The van der Waals surface area contributed by atoms with Crippen molar-refractivity contribution in [2.24, 2.45) is 0 Å². The number of anilines is 1. The van der Waals surface area contributed by atoms with E-state index in [2.05, 4.69) is 10.3 Å². The highest BCUT2D eigenvalue weighted by Crippen LogP contribution is 2.31. The van der Waals surface area contributed by atoms with Gasteiger partial charge in [0, 0.05) is 5.56 Å². The number of ether oxygens (including phenoxy) is 2. The van der Waals surface area contributed by atoms with Crippen molar-refractivity contribution in [2.45, 2.75) is 43.5 Å². The normalized spacial score (nSPS) is 13.2. The first kappa shape index (κ1) is 20.0. The lowest BCUT2D eigenvalue weighted by Gasteiger charge is -2.20. The van der Waals surface area contributed by atoms with Crippen LogP contribution in [-0.4, -0.2) is 32.4 Å². The lowest BCUT2D eigenvalue weighted by Crippen LogP contribution is -2.28. The molecule has 6 nitrogen and oxygen atoms in total. The molecule has 2 rings (SSSR count). The summed E-state index contributed by atoms with van der Waals surface area (Å²) in [5.41, 5.74) is 1.65. The molecule has 26 heavy (non-hydrogen) atoms. The predicted molar refractivity (Wildman–Crippen MR) is 103 cm³/mol. The minimum atomic E-state index is -3.47. The Morgan fingerprint density at radius 3 is 2.27 bits per heavy atom. The SMILES string of the molecule is COc1ccc(OC)c(C(C)Nc2ccc(S(=O)(=O)C(C)(C)C)nc2)c1. The van der Waals surface area contributed by atoms with E-state index in [1.54, 1.807) is 41.1 Å². The number of hydrogen-bond acceptors (Lipinski definition) is 6. The zero-order valence-electron chi connectivity index (χ0n) is 16.0. The Kier molecular flexibility index (Phi) is 5.81. The summed E-state index contributed by atoms with van der Waals surface area (Å²) < 4.78 is 34.7. The third-order valence-electron chi connectivity index (χ3n) is 4.10. The molecule has 0 saturated heterocycles. The summed E-state index contributed by atoms with van der Waals surface area (Å²) in [6.45, 7) is 6.96. The molecule has 142 valence electrons. The van der Waals surface area contributed by atoms with Gasteiger partial charge in [-0.1, -0.05) is 0 Å². The standard InChI is InChI=1S/C19H26N2O4S/c1-13(16-11-15(24-5)8-9-17(16)25-6)21-14-7-10-18(20-12-14)26(22,23)19(2,3)4/h7-13,21H,1-6H3. The Hall–Kier alpha value is -2.28. The lowest BCUT2D eigenvalue weighted by molar-refractivity contribution is 0.397. The Morgan fingerprint density at radius 1 is 1.08 bits per heavy atom. The van der Waals surface area contributed by atoms with E-state index in [1.807, 2.05) is 25.1 Å². The average molecular weight is 378 g/mol. The molecule has 0 aliphatic carbocycles. The van der Waals surface area contributed by atoms with Crippen molar-refractivity contribution in [3.63, 3.8) is 0 Å². The van der Waals surface area contributed by atoms with Gasteiger partial charge in [0.1, 0.15) is 11.5 Å². The molecule has 0 aliphatic rings. The van der Waals surface area contributed by atoms with Crippen LogP contribution < -0.4 is 14.8 Å². The Balaban J connectivity index is 2.25. The smallest absolute Gasteiger partial charge is 0.200 e. The molecule has 0 saturated carbocycles. The highest BCUT2D eigenvalue weighted by atomic mass is 32.2. The minimum Gasteiger partial charge on any atom is -0.497 e. The molecule has 0 fully saturated rings. The number of hydrogen-bond donors (Lipinski definition) is 1. The van der Waals surface area contributed by atoms with Gasteiger partial charge in [-0.25, -0.2) is 13.4 Å². The number of aromatic nitrogens is 1. The van der Waals surface area contributed by atoms with Gasteiger partial charge in [-0.15, -0.1) is 0 Å². The van der Waals surface area contributed by atoms with Crippen LogP contribution in [0.15, 0.2) is 41.6 Å². The molecule has 1 heterocycles. The molecule has 1 aromatic heterocycles. The monoisotopic (exact) mass is 378 g/mol. The van der Waals surface area contributed by atoms with Crippen molar-refractivity contribution < 1.29 is 17.9 Å². The van der Waals surface area contributed by atoms with Gasteiger partial charge in [-0.2, -0.15) is 0 Å². The van der Waals surface area contributed by atoms with E-state index in [-0.39, 0.29) is 11.1 Å². The number of pyridine rings is 1. The molecule has 0 bridgehead atoms. The number of methoxy groups -OCH3 is 2. The molecular formula is C19H26N2O4S. The topological polar surface area (TPSA) is 77.5 Å². The Morgan fingerprint density at radius 2 is 1.77 bits per heavy atom. The second kappa shape index (κ2) is 7.53. The zero-order valence-corrected chi connectivity index (χ0v) is 16.8. The second-order valence-electron chi connectivity index (χ2n) is 6.97. The van der Waals surface area contributed by atoms with Crippen LogP contribution >= 0.6 is 0 Å². The summed E-state index contributed by atoms with van der Waals surface area (Å²) in [6, 6.07) is 8.74. The molecule has 0 aliphatic heterocycles. The van der Waals surface area contributed by atoms with E-state index in [0.29, 0.717) is 0 Å². The number of sulfone groups is 1. The molecule has 1 unspecified atom stereocenters. The first-order valence-corrected chi connectivity index (χ1v) is 9.77. The number of nitrogens with one attached hydrogen (secondary N) is 1. The molecule has 1 N–H and O–H groups in total. The van der Waals surface area contributed by atoms with Crippen molar-refractivity contribution in [2.75, 3.05) is 19.5 Å². The van der Waals surface area contributed by atoms with Crippen LogP contribution in [-0.2, 0) is 9.84 Å². The number of benzene rings is 1. The van der Waals surface area contributed by atoms with E-state index in [0.717, 1.165) is 22.7 Å². The van der Waals surface area contributed by atoms with E-state index < -0.39 is 14.6 Å². The lowest BCUT2D eigenvalue weighted by atomic mass is 10.1. The van der Waals surface area contributed by atoms with Gasteiger partial charge in [0.15, 0.2) is 14.9 Å². The van der Waals surface area contributed by atoms with Gasteiger partial charge in [0.05, 0.1) is 36.9 Å². The quantitative estimate of drug-likeness (QED) is 0.823. The Bertz CT molecular complexity index is 856. The second-order valence-corrected chi connectivity index (χ2v) is 9.62. The average Bonchev–Trinajstić information content (AvgIpc) is 2.60. The fourth-order valence-electron chi connectivity index (χ4n) is 2.44. The molecule has 1 aromatic carbocycles. The molecule has 7 heteroatoms. The van der Waals surface area contributed by atoms with Crippen molar-refractivity contribution in [3.8, 4) is 11.5 Å². The van der Waals surface area contributed by atoms with Gasteiger partial charge in [0.2, 0.25) is 0 Å². The van der Waals surface area contributed by atoms with E-state index in [9.17, 15) is 8.42 Å². The van der Waals surface area contributed by atoms with Crippen LogP contribution in [0.4, 0.5) is 5.69 Å². The highest BCUT2D eigenvalue weighted by Gasteiger charge is 2.31. The highest BCUT2D eigenvalue weighted by molar-refractivity contribution is 7.92. The van der Waals surface area contributed by atoms with Crippen LogP contribution in [0.3, 0.4) is 0 Å². The van der Waals surface area contributed by atoms with Crippen LogP contribution in [0.25, 0.3) is 0 Å². The van der Waals surface area contributed by atoms with Crippen molar-refractivity contribution in [3.05, 3.63) is 42.1 Å². The third-order valence-corrected chi connectivity index (χ3v) is 6.51. The summed E-state index contributed by atoms with van der Waals surface area (Å²) in [5.74, 6) is 1.48. The van der Waals surface area contributed by atoms with Crippen LogP contribution in [0.2, 0.25) is 0 Å². The fraction of sp³-hybridized carbons (Fsp3) is 0.421. The first-order chi connectivity index (χ1) is 12.1. The maximum Gasteiger partial charge on any atom is 0.200 e. The summed E-state index contributed by atoms with van der Waals surface area (Å²) in [7, 11) is -0.239. The van der Waals surface area contributed by atoms with Crippen LogP contribution in [0, 0.1) is 0 Å². The van der Waals surface area contributed by atoms with Gasteiger partial charge in [-0.05, 0) is 58.0 Å². The summed E-state index contributed by atoms with van der Waals surface area (Å²) in [5, 5.41) is 3.38. The zero-order chi connectivity index (χ0) is 19.5. The largest absolute Gasteiger partial charge is 0.497 e. The molecule has 1 atom stereocenters. The van der Waals surface area contributed by atoms with Gasteiger partial charge in [0.25, 0.3) is 0 Å². The maximum absolute atomic E-state index is 12.4. The molecule has 0 radical (unpaired) electrons. The number of rotatable bonds is 6. The first-order valence-electron chi connectivity index (χ1n) is 8.29. The van der Waals surface area contributed by atoms with Crippen LogP contribution in [0.1, 0.15) is 39.3 Å². The summed E-state index contributed by atoms with van der Waals surface area (Å²) in [6.07, 6.45) is 1.53. The maximum atomic E-state index is 12.4. The number of nitrogens with zero attached hydrogens (tertiary/aromatic N) is 1. The molecule has 0 amide bonds. The molecular weight excluding hydrogens is 352 g/mol. The molecule has 2 aromatic rings. The van der Waals surface area contributed by atoms with E-state index in [4.69, 9.17) is 9.47 Å². The fourth-order valence-corrected chi connectivity index (χ4v) is 3.51. The van der Waals surface area contributed by atoms with Crippen molar-refractivity contribution >= 4 is 15.5 Å². The van der Waals surface area contributed by atoms with Gasteiger partial charge < -0.3 is 14.8 Å².